The van der Waals surface area contributed by atoms with Crippen molar-refractivity contribution in [2.24, 2.45) is 0 Å². The van der Waals surface area contributed by atoms with Crippen molar-refractivity contribution in [3.8, 4) is 0 Å². The van der Waals surface area contributed by atoms with Crippen molar-refractivity contribution in [3.05, 3.63) is 64.6 Å². The van der Waals surface area contributed by atoms with Gasteiger partial charge >= 0.3 is 0 Å². The molecule has 0 radical (unpaired) electrons. The molecule has 1 aromatic carbocycles. The van der Waals surface area contributed by atoms with Crippen LogP contribution in [0.4, 0.5) is 0 Å². The van der Waals surface area contributed by atoms with Crippen molar-refractivity contribution in [1.29, 1.82) is 0 Å². The Morgan fingerprint density at radius 2 is 2.14 bits per heavy atom. The third-order valence-electron chi connectivity index (χ3n) is 3.60. The van der Waals surface area contributed by atoms with E-state index in [9.17, 15) is 4.79 Å². The van der Waals surface area contributed by atoms with Crippen LogP contribution in [0.3, 0.4) is 0 Å². The number of hydrogen-bond donors (Lipinski definition) is 1. The van der Waals surface area contributed by atoms with Gasteiger partial charge in [0.1, 0.15) is 12.2 Å². The fourth-order valence-electron chi connectivity index (χ4n) is 2.52. The van der Waals surface area contributed by atoms with Gasteiger partial charge in [-0.1, -0.05) is 6.07 Å². The quantitative estimate of drug-likeness (QED) is 0.613. The van der Waals surface area contributed by atoms with Gasteiger partial charge in [0.05, 0.1) is 23.0 Å². The lowest BCUT2D eigenvalue weighted by Gasteiger charge is -2.03. The molecule has 0 fully saturated rings. The van der Waals surface area contributed by atoms with Crippen molar-refractivity contribution >= 4 is 22.1 Å². The van der Waals surface area contributed by atoms with Crippen molar-refractivity contribution < 1.29 is 0 Å². The van der Waals surface area contributed by atoms with E-state index in [1.54, 1.807) is 18.3 Å². The minimum absolute atomic E-state index is 0.116. The third-order valence-corrected chi connectivity index (χ3v) is 3.60. The fourth-order valence-corrected chi connectivity index (χ4v) is 2.52. The van der Waals surface area contributed by atoms with E-state index in [4.69, 9.17) is 0 Å². The smallest absolute Gasteiger partial charge is 0.263 e. The number of aromatic amines is 1. The van der Waals surface area contributed by atoms with Crippen molar-refractivity contribution in [3.63, 3.8) is 0 Å². The molecule has 3 aromatic heterocycles. The summed E-state index contributed by atoms with van der Waals surface area (Å²) in [7, 11) is 0. The predicted molar refractivity (Wildman–Crippen MR) is 83.7 cm³/mol. The maximum atomic E-state index is 12.4. The van der Waals surface area contributed by atoms with Crippen LogP contribution in [0.2, 0.25) is 0 Å². The van der Waals surface area contributed by atoms with Crippen molar-refractivity contribution in [2.75, 3.05) is 0 Å². The van der Waals surface area contributed by atoms with Gasteiger partial charge in [0.2, 0.25) is 0 Å². The topological polar surface area (TPSA) is 76.5 Å². The minimum Gasteiger partial charge on any atom is -0.340 e. The van der Waals surface area contributed by atoms with Crippen LogP contribution in [0.15, 0.2) is 47.7 Å². The number of fused-ring (bicyclic) bond motifs is 2. The zero-order chi connectivity index (χ0) is 15.1. The number of nitrogens with one attached hydrogen (secondary N) is 1. The summed E-state index contributed by atoms with van der Waals surface area (Å²) in [5.41, 5.74) is 3.37. The molecule has 22 heavy (non-hydrogen) atoms. The number of benzene rings is 1. The largest absolute Gasteiger partial charge is 0.340 e. The maximum Gasteiger partial charge on any atom is 0.263 e. The molecule has 0 atom stereocenters. The van der Waals surface area contributed by atoms with E-state index in [0.29, 0.717) is 17.6 Å². The van der Waals surface area contributed by atoms with Gasteiger partial charge in [0.25, 0.3) is 5.56 Å². The Morgan fingerprint density at radius 3 is 3.05 bits per heavy atom. The molecular weight excluding hydrogens is 278 g/mol. The minimum atomic E-state index is -0.116. The van der Waals surface area contributed by atoms with Crippen LogP contribution in [-0.2, 0) is 6.54 Å². The van der Waals surface area contributed by atoms with E-state index in [0.717, 1.165) is 16.9 Å². The highest BCUT2D eigenvalue weighted by Crippen LogP contribution is 2.13. The summed E-state index contributed by atoms with van der Waals surface area (Å²) in [6.45, 7) is 2.38. The van der Waals surface area contributed by atoms with Crippen LogP contribution in [0, 0.1) is 6.92 Å². The maximum absolute atomic E-state index is 12.4. The molecule has 0 amide bonds. The van der Waals surface area contributed by atoms with E-state index >= 15 is 0 Å². The Morgan fingerprint density at radius 1 is 1.23 bits per heavy atom. The Labute approximate surface area is 125 Å². The molecule has 0 saturated heterocycles. The van der Waals surface area contributed by atoms with Gasteiger partial charge in [-0.05, 0) is 36.8 Å². The standard InChI is InChI=1S/C16H13N5O/c1-10-4-5-12-13(7-10)20-14(19-12)8-21-9-18-15-11(16(21)22)3-2-6-17-15/h2-7,9H,8H2,1H3,(H,19,20). The highest BCUT2D eigenvalue weighted by atomic mass is 16.1. The highest BCUT2D eigenvalue weighted by Gasteiger charge is 2.08. The highest BCUT2D eigenvalue weighted by molar-refractivity contribution is 5.76. The molecule has 4 rings (SSSR count). The molecule has 0 aliphatic rings. The average molecular weight is 291 g/mol. The second-order valence-corrected chi connectivity index (χ2v) is 5.26. The molecule has 3 heterocycles. The molecule has 0 bridgehead atoms. The van der Waals surface area contributed by atoms with Crippen molar-refractivity contribution in [2.45, 2.75) is 13.5 Å². The molecule has 6 nitrogen and oxygen atoms in total. The molecule has 0 aliphatic carbocycles. The summed E-state index contributed by atoms with van der Waals surface area (Å²) < 4.78 is 1.54. The van der Waals surface area contributed by atoms with E-state index in [1.807, 2.05) is 25.1 Å². The average Bonchev–Trinajstić information content (AvgIpc) is 2.92. The third kappa shape index (κ3) is 2.05. The summed E-state index contributed by atoms with van der Waals surface area (Å²) in [5, 5.41) is 0.511. The van der Waals surface area contributed by atoms with Gasteiger partial charge in [0, 0.05) is 6.20 Å². The number of nitrogens with zero attached hydrogens (tertiary/aromatic N) is 4. The van der Waals surface area contributed by atoms with E-state index < -0.39 is 0 Å². The Kier molecular flexibility index (Phi) is 2.75. The number of hydrogen-bond acceptors (Lipinski definition) is 4. The number of rotatable bonds is 2. The second kappa shape index (κ2) is 4.77. The number of H-pyrrole nitrogens is 1. The lowest BCUT2D eigenvalue weighted by atomic mass is 10.2. The van der Waals surface area contributed by atoms with Crippen LogP contribution in [0.25, 0.3) is 22.1 Å². The Balaban J connectivity index is 1.78. The first-order valence-corrected chi connectivity index (χ1v) is 6.96. The van der Waals surface area contributed by atoms with E-state index in [-0.39, 0.29) is 5.56 Å². The molecule has 6 heteroatoms. The van der Waals surface area contributed by atoms with E-state index in [1.165, 1.54) is 16.5 Å². The van der Waals surface area contributed by atoms with Crippen LogP contribution in [0.5, 0.6) is 0 Å². The van der Waals surface area contributed by atoms with Gasteiger partial charge in [-0.15, -0.1) is 0 Å². The first kappa shape index (κ1) is 12.7. The van der Waals surface area contributed by atoms with Gasteiger partial charge in [-0.3, -0.25) is 9.36 Å². The SMILES string of the molecule is Cc1ccc2nc(Cn3cnc4ncccc4c3=O)[nH]c2c1. The van der Waals surface area contributed by atoms with Gasteiger partial charge in [-0.2, -0.15) is 0 Å². The summed E-state index contributed by atoms with van der Waals surface area (Å²) in [6, 6.07) is 9.49. The molecule has 0 spiro atoms. The van der Waals surface area contributed by atoms with Gasteiger partial charge < -0.3 is 4.98 Å². The zero-order valence-corrected chi connectivity index (χ0v) is 11.9. The Bertz CT molecular complexity index is 1050. The molecular formula is C16H13N5O. The summed E-state index contributed by atoms with van der Waals surface area (Å²) in [6.07, 6.45) is 3.14. The van der Waals surface area contributed by atoms with Crippen LogP contribution >= 0.6 is 0 Å². The zero-order valence-electron chi connectivity index (χ0n) is 11.9. The first-order valence-electron chi connectivity index (χ1n) is 6.96. The number of aryl methyl sites for hydroxylation is 1. The molecule has 108 valence electrons. The summed E-state index contributed by atoms with van der Waals surface area (Å²) >= 11 is 0. The monoisotopic (exact) mass is 291 g/mol. The molecule has 0 saturated carbocycles. The van der Waals surface area contributed by atoms with Crippen LogP contribution < -0.4 is 5.56 Å². The summed E-state index contributed by atoms with van der Waals surface area (Å²) in [4.78, 5) is 28.5. The predicted octanol–water partition coefficient (Wildman–Crippen LogP) is 2.02. The van der Waals surface area contributed by atoms with Gasteiger partial charge in [0.15, 0.2) is 5.65 Å². The molecule has 0 aliphatic heterocycles. The van der Waals surface area contributed by atoms with Crippen LogP contribution in [0.1, 0.15) is 11.4 Å². The lowest BCUT2D eigenvalue weighted by Crippen LogP contribution is -2.21. The molecule has 1 N–H and O–H groups in total. The normalized spacial score (nSPS) is 11.3. The number of imidazole rings is 1. The fraction of sp³-hybridized carbons (Fsp3) is 0.125. The number of aromatic nitrogens is 5. The molecule has 4 aromatic rings. The number of pyridine rings is 1. The summed E-state index contributed by atoms with van der Waals surface area (Å²) in [5.74, 6) is 0.729. The van der Waals surface area contributed by atoms with Gasteiger partial charge in [-0.25, -0.2) is 15.0 Å². The Hall–Kier alpha value is -3.02. The van der Waals surface area contributed by atoms with Crippen LogP contribution in [-0.4, -0.2) is 24.5 Å². The second-order valence-electron chi connectivity index (χ2n) is 5.26. The van der Waals surface area contributed by atoms with E-state index in [2.05, 4.69) is 19.9 Å². The first-order chi connectivity index (χ1) is 10.7. The lowest BCUT2D eigenvalue weighted by molar-refractivity contribution is 0.716. The van der Waals surface area contributed by atoms with Crippen molar-refractivity contribution in [1.82, 2.24) is 24.5 Å². The molecule has 0 unspecified atom stereocenters.